The number of nitrogens with zero attached hydrogens (tertiary/aromatic N) is 14. The van der Waals surface area contributed by atoms with E-state index in [9.17, 15) is 16.8 Å². The van der Waals surface area contributed by atoms with Gasteiger partial charge in [0.05, 0.1) is 49.9 Å². The molecule has 6 heterocycles. The van der Waals surface area contributed by atoms with E-state index in [-0.39, 0.29) is 25.0 Å². The van der Waals surface area contributed by atoms with Gasteiger partial charge in [-0.2, -0.15) is 10.2 Å². The van der Waals surface area contributed by atoms with Crippen molar-refractivity contribution in [3.8, 4) is 57.4 Å². The number of rotatable bonds is 26. The molecule has 30 heteroatoms. The maximum Gasteiger partial charge on any atom is 0.246 e. The quantitative estimate of drug-likeness (QED) is 0.0458. The van der Waals surface area contributed by atoms with Gasteiger partial charge in [-0.05, 0) is 72.8 Å². The van der Waals surface area contributed by atoms with Crippen molar-refractivity contribution in [1.29, 1.82) is 0 Å². The third-order valence-corrected chi connectivity index (χ3v) is 20.5. The van der Waals surface area contributed by atoms with Crippen LogP contribution in [-0.4, -0.2) is 159 Å². The van der Waals surface area contributed by atoms with Gasteiger partial charge >= 0.3 is 0 Å². The van der Waals surface area contributed by atoms with Crippen LogP contribution in [0.3, 0.4) is 0 Å². The van der Waals surface area contributed by atoms with E-state index < -0.39 is 59.9 Å². The summed E-state index contributed by atoms with van der Waals surface area (Å²) in [5.41, 5.74) is 2.76. The maximum absolute atomic E-state index is 14.3. The Morgan fingerprint density at radius 3 is 1.12 bits per heavy atom. The zero-order chi connectivity index (χ0) is 61.3. The summed E-state index contributed by atoms with van der Waals surface area (Å²) >= 11 is 12.0. The molecule has 0 amide bonds. The van der Waals surface area contributed by atoms with E-state index in [2.05, 4.69) is 79.8 Å². The minimum Gasteiger partial charge on any atom is -0.494 e. The molecule has 0 spiro atoms. The van der Waals surface area contributed by atoms with Crippen molar-refractivity contribution in [3.05, 3.63) is 119 Å². The second kappa shape index (κ2) is 27.4. The van der Waals surface area contributed by atoms with Crippen LogP contribution >= 0.6 is 23.2 Å². The smallest absolute Gasteiger partial charge is 0.246 e. The van der Waals surface area contributed by atoms with Gasteiger partial charge in [0.15, 0.2) is 11.6 Å². The first-order valence-electron chi connectivity index (χ1n) is 26.4. The van der Waals surface area contributed by atoms with E-state index in [0.717, 1.165) is 0 Å². The average Bonchev–Trinajstić information content (AvgIpc) is 2.69. The predicted molar refractivity (Wildman–Crippen MR) is 330 cm³/mol. The first-order chi connectivity index (χ1) is 39.8. The van der Waals surface area contributed by atoms with Gasteiger partial charge in [0, 0.05) is 82.3 Å². The number of hydrogen-bond donors (Lipinski definition) is 0. The van der Waals surface area contributed by atoms with E-state index in [4.69, 9.17) is 51.6 Å². The summed E-state index contributed by atoms with van der Waals surface area (Å²) in [6.45, 7) is 13.4. The monoisotopic (exact) mass is 1270 g/mol. The number of halogens is 2. The largest absolute Gasteiger partial charge is 0.494 e. The first kappa shape index (κ1) is 64.6. The summed E-state index contributed by atoms with van der Waals surface area (Å²) in [5.74, 6) is 1.79. The van der Waals surface area contributed by atoms with Crippen molar-refractivity contribution in [3.63, 3.8) is 0 Å². The van der Waals surface area contributed by atoms with Crippen molar-refractivity contribution >= 4 is 71.3 Å². The highest BCUT2D eigenvalue weighted by molar-refractivity contribution is 7.93. The molecule has 0 unspecified atom stereocenters. The zero-order valence-electron chi connectivity index (χ0n) is 49.6. The summed E-state index contributed by atoms with van der Waals surface area (Å²) in [7, 11) is 1.01. The number of pyridine rings is 2. The van der Waals surface area contributed by atoms with Gasteiger partial charge in [-0.15, -0.1) is 20.4 Å². The van der Waals surface area contributed by atoms with E-state index in [1.54, 1.807) is 118 Å². The topological polar surface area (TPSA) is 253 Å². The third kappa shape index (κ3) is 15.5. The summed E-state index contributed by atoms with van der Waals surface area (Å²) in [5, 5.41) is 27.7. The van der Waals surface area contributed by atoms with E-state index in [1.807, 2.05) is 0 Å². The van der Waals surface area contributed by atoms with Crippen LogP contribution < -0.4 is 27.6 Å². The molecule has 0 fully saturated rings. The number of anilines is 2. The summed E-state index contributed by atoms with van der Waals surface area (Å²) in [6, 6.07) is 22.1. The Hall–Kier alpha value is -6.93. The molecule has 0 aliphatic heterocycles. The second-order valence-corrected chi connectivity index (χ2v) is 37.7. The van der Waals surface area contributed by atoms with E-state index >= 15 is 0 Å². The minimum atomic E-state index is -4.07. The van der Waals surface area contributed by atoms with Gasteiger partial charge in [-0.3, -0.25) is 28.5 Å². The number of benzene rings is 2. The molecular formula is C54H72Cl2N14O10S2Si2. The van der Waals surface area contributed by atoms with Gasteiger partial charge in [-0.1, -0.05) is 74.6 Å². The molecule has 2 aromatic carbocycles. The van der Waals surface area contributed by atoms with E-state index in [0.29, 0.717) is 90.9 Å². The van der Waals surface area contributed by atoms with Crippen molar-refractivity contribution in [2.45, 2.75) is 63.6 Å². The number of ether oxygens (including phenoxy) is 6. The fourth-order valence-electron chi connectivity index (χ4n) is 8.66. The van der Waals surface area contributed by atoms with Crippen LogP contribution in [0.1, 0.15) is 23.6 Å². The van der Waals surface area contributed by atoms with Crippen LogP contribution in [0, 0.1) is 0 Å². The molecule has 8 rings (SSSR count). The Balaban J connectivity index is 0.000000241. The Bertz CT molecular complexity index is 3440. The summed E-state index contributed by atoms with van der Waals surface area (Å²) < 4.78 is 101. The van der Waals surface area contributed by atoms with Crippen LogP contribution in [0.15, 0.2) is 97.6 Å². The summed E-state index contributed by atoms with van der Waals surface area (Å²) in [6.07, 6.45) is 4.76. The first-order valence-corrected chi connectivity index (χ1v) is 37.8. The summed E-state index contributed by atoms with van der Waals surface area (Å²) in [4.78, 5) is 8.60. The van der Waals surface area contributed by atoms with Crippen molar-refractivity contribution < 1.29 is 45.3 Å². The fraction of sp³-hybridized carbons (Fsp3) is 0.407. The maximum atomic E-state index is 14.3. The number of sulfonamides is 2. The second-order valence-electron chi connectivity index (χ2n) is 21.7. The molecule has 452 valence electrons. The third-order valence-electron chi connectivity index (χ3n) is 13.1. The van der Waals surface area contributed by atoms with Crippen LogP contribution in [0.4, 0.5) is 11.9 Å². The number of para-hydroxylation sites is 2. The SMILES string of the molecule is COc1cccc(OC)c1-n1c(-c2ccn(C)n2)nnc1N(CC[Si](C)(C)C)S(=O)(=O)C[C@@H](OC)c1ccc(Cl)cn1.COc1cccc(OC)c1-n1c(-c2ccn(C)n2)nnc1N(CC[Si](C)(C)C)S(=O)(=O)C[C@H](OC)c1ccc(Cl)cn1. The zero-order valence-corrected chi connectivity index (χ0v) is 54.7. The lowest BCUT2D eigenvalue weighted by Crippen LogP contribution is -2.40. The molecule has 0 N–H and O–H groups in total. The van der Waals surface area contributed by atoms with Gasteiger partial charge in [-0.25, -0.2) is 25.4 Å². The normalized spacial score (nSPS) is 12.8. The Labute approximate surface area is 502 Å². The van der Waals surface area contributed by atoms with Gasteiger partial charge in [0.1, 0.15) is 69.5 Å². The van der Waals surface area contributed by atoms with Crippen molar-refractivity contribution in [2.75, 3.05) is 75.9 Å². The van der Waals surface area contributed by atoms with Crippen LogP contribution in [0.2, 0.25) is 61.4 Å². The lowest BCUT2D eigenvalue weighted by atomic mass is 10.2. The van der Waals surface area contributed by atoms with Gasteiger partial charge < -0.3 is 28.4 Å². The van der Waals surface area contributed by atoms with Crippen LogP contribution in [0.25, 0.3) is 34.4 Å². The van der Waals surface area contributed by atoms with Crippen LogP contribution in [0.5, 0.6) is 23.0 Å². The number of aryl methyl sites for hydroxylation is 2. The molecule has 8 aromatic rings. The molecule has 0 radical (unpaired) electrons. The van der Waals surface area contributed by atoms with Crippen LogP contribution in [-0.2, 0) is 43.6 Å². The number of methoxy groups -OCH3 is 6. The Morgan fingerprint density at radius 2 is 0.857 bits per heavy atom. The molecule has 0 saturated carbocycles. The van der Waals surface area contributed by atoms with Crippen molar-refractivity contribution in [2.24, 2.45) is 14.1 Å². The highest BCUT2D eigenvalue weighted by Gasteiger charge is 2.38. The molecular weight excluding hydrogens is 1200 g/mol. The number of hydrogen-bond acceptors (Lipinski definition) is 18. The van der Waals surface area contributed by atoms with Crippen molar-refractivity contribution in [1.82, 2.24) is 59.1 Å². The minimum absolute atomic E-state index is 0.0793. The molecule has 84 heavy (non-hydrogen) atoms. The average molecular weight is 1270 g/mol. The fourth-order valence-corrected chi connectivity index (χ4v) is 14.2. The lowest BCUT2D eigenvalue weighted by Gasteiger charge is -2.28. The molecule has 6 aromatic heterocycles. The molecule has 0 bridgehead atoms. The Morgan fingerprint density at radius 1 is 0.512 bits per heavy atom. The highest BCUT2D eigenvalue weighted by atomic mass is 35.5. The van der Waals surface area contributed by atoms with E-state index in [1.165, 1.54) is 63.7 Å². The molecule has 2 atom stereocenters. The predicted octanol–water partition coefficient (Wildman–Crippen LogP) is 9.19. The molecule has 0 aliphatic carbocycles. The lowest BCUT2D eigenvalue weighted by molar-refractivity contribution is 0.118. The molecule has 0 aliphatic rings. The molecule has 0 saturated heterocycles. The standard InChI is InChI=1S/2C27H36ClN7O5SSi/c2*1-33-14-13-21(32-33)26-30-31-27(35(26)25-22(38-2)9-8-10-23(25)39-3)34(15-16-42(5,6)7)41(36,37)18-24(40-4)20-12-11-19(28)17-29-20/h2*8-14,17,24H,15-16,18H2,1-7H3/t2*24-/m10/s1. The van der Waals surface area contributed by atoms with Gasteiger partial charge in [0.2, 0.25) is 31.9 Å². The molecule has 24 nitrogen and oxygen atoms in total. The number of aromatic nitrogens is 12. The Kier molecular flexibility index (Phi) is 21.1. The highest BCUT2D eigenvalue weighted by Crippen LogP contribution is 2.41. The van der Waals surface area contributed by atoms with Gasteiger partial charge in [0.25, 0.3) is 0 Å².